The van der Waals surface area contributed by atoms with E-state index < -0.39 is 5.97 Å². The van der Waals surface area contributed by atoms with Gasteiger partial charge in [-0.1, -0.05) is 139 Å². The smallest absolute Gasteiger partial charge is 0.306 e. The first-order valence-corrected chi connectivity index (χ1v) is 19.3. The highest BCUT2D eigenvalue weighted by Gasteiger charge is 2.14. The molecule has 1 N–H and O–H groups in total. The third kappa shape index (κ3) is 36.1. The van der Waals surface area contributed by atoms with Crippen LogP contribution in [0.25, 0.3) is 0 Å². The van der Waals surface area contributed by atoms with Crippen LogP contribution < -0.4 is 0 Å². The standard InChI is InChI=1S/C42H72O4/c1-3-5-7-9-11-13-15-17-18-20-22-24-26-31-35-39-42(45)46-40(37-33-29-27-30-34-38-41(43)44)36-32-28-25-23-21-19-16-14-12-10-8-6-4-2/h5,7,11,13,16-19,23,25,40H,3-4,6,8-10,12,14-15,20-22,24,26-39H2,1-2H3,(H,43,44)/b7-5-,13-11-,18-17-,19-16-,25-23-. The van der Waals surface area contributed by atoms with Crippen molar-refractivity contribution in [2.45, 2.75) is 193 Å². The van der Waals surface area contributed by atoms with E-state index >= 15 is 0 Å². The van der Waals surface area contributed by atoms with Crippen molar-refractivity contribution in [3.8, 4) is 0 Å². The third-order valence-electron chi connectivity index (χ3n) is 8.22. The molecule has 46 heavy (non-hydrogen) atoms. The van der Waals surface area contributed by atoms with Crippen LogP contribution in [-0.2, 0) is 14.3 Å². The van der Waals surface area contributed by atoms with Crippen molar-refractivity contribution in [3.63, 3.8) is 0 Å². The van der Waals surface area contributed by atoms with Gasteiger partial charge in [-0.05, 0) is 96.3 Å². The molecule has 0 amide bonds. The monoisotopic (exact) mass is 641 g/mol. The summed E-state index contributed by atoms with van der Waals surface area (Å²) in [5, 5.41) is 8.81. The highest BCUT2D eigenvalue weighted by molar-refractivity contribution is 5.69. The van der Waals surface area contributed by atoms with Gasteiger partial charge >= 0.3 is 11.9 Å². The van der Waals surface area contributed by atoms with Crippen LogP contribution in [0.4, 0.5) is 0 Å². The summed E-state index contributed by atoms with van der Waals surface area (Å²) in [6.45, 7) is 4.42. The van der Waals surface area contributed by atoms with Gasteiger partial charge in [0.15, 0.2) is 0 Å². The number of carbonyl (C=O) groups is 2. The SMILES string of the molecule is CC/C=C\C/C=C\C/C=C\CCCCCCCC(=O)OC(CCC/C=C\C/C=C\CCCCCCC)CCCCCCCC(=O)O. The van der Waals surface area contributed by atoms with Gasteiger partial charge in [-0.2, -0.15) is 0 Å². The fourth-order valence-corrected chi connectivity index (χ4v) is 5.41. The first-order valence-electron chi connectivity index (χ1n) is 19.3. The normalized spacial score (nSPS) is 12.9. The third-order valence-corrected chi connectivity index (χ3v) is 8.22. The summed E-state index contributed by atoms with van der Waals surface area (Å²) >= 11 is 0. The van der Waals surface area contributed by atoms with E-state index in [-0.39, 0.29) is 18.5 Å². The van der Waals surface area contributed by atoms with E-state index in [4.69, 9.17) is 9.84 Å². The molecule has 4 heteroatoms. The molecule has 0 aromatic heterocycles. The van der Waals surface area contributed by atoms with Gasteiger partial charge in [0.2, 0.25) is 0 Å². The van der Waals surface area contributed by atoms with Crippen molar-refractivity contribution < 1.29 is 19.4 Å². The number of rotatable bonds is 34. The maximum atomic E-state index is 12.6. The maximum Gasteiger partial charge on any atom is 0.306 e. The molecule has 0 aliphatic rings. The van der Waals surface area contributed by atoms with Crippen LogP contribution in [0.1, 0.15) is 187 Å². The molecule has 0 fully saturated rings. The quantitative estimate of drug-likeness (QED) is 0.0432. The zero-order valence-corrected chi connectivity index (χ0v) is 30.1. The van der Waals surface area contributed by atoms with Gasteiger partial charge in [0.25, 0.3) is 0 Å². The summed E-state index contributed by atoms with van der Waals surface area (Å²) < 4.78 is 5.97. The van der Waals surface area contributed by atoms with E-state index in [0.29, 0.717) is 6.42 Å². The van der Waals surface area contributed by atoms with Crippen LogP contribution in [0.5, 0.6) is 0 Å². The minimum absolute atomic E-state index is 0.00182. The van der Waals surface area contributed by atoms with Crippen LogP contribution in [0.15, 0.2) is 60.8 Å². The second-order valence-corrected chi connectivity index (χ2v) is 12.7. The Balaban J connectivity index is 4.18. The number of hydrogen-bond donors (Lipinski definition) is 1. The van der Waals surface area contributed by atoms with Gasteiger partial charge in [-0.25, -0.2) is 0 Å². The summed E-state index contributed by atoms with van der Waals surface area (Å²) in [5.74, 6) is -0.750. The summed E-state index contributed by atoms with van der Waals surface area (Å²) in [7, 11) is 0. The number of allylic oxidation sites excluding steroid dienone is 10. The Labute approximate surface area is 284 Å². The fourth-order valence-electron chi connectivity index (χ4n) is 5.41. The summed E-state index contributed by atoms with van der Waals surface area (Å²) in [6.07, 6.45) is 50.9. The first kappa shape index (κ1) is 43.6. The van der Waals surface area contributed by atoms with Gasteiger partial charge in [0.1, 0.15) is 6.10 Å². The highest BCUT2D eigenvalue weighted by Crippen LogP contribution is 2.17. The number of unbranched alkanes of at least 4 members (excludes halogenated alkanes) is 15. The zero-order chi connectivity index (χ0) is 33.6. The number of carboxylic acid groups (broad SMARTS) is 1. The molecule has 0 rings (SSSR count). The minimum atomic E-state index is -0.711. The molecule has 1 unspecified atom stereocenters. The number of hydrogen-bond acceptors (Lipinski definition) is 3. The number of ether oxygens (including phenoxy) is 1. The summed E-state index contributed by atoms with van der Waals surface area (Å²) in [5.41, 5.74) is 0. The van der Waals surface area contributed by atoms with E-state index in [1.807, 2.05) is 0 Å². The molecule has 0 heterocycles. The lowest BCUT2D eigenvalue weighted by atomic mass is 10.0. The number of aliphatic carboxylic acids is 1. The molecule has 0 spiro atoms. The number of carboxylic acids is 1. The predicted octanol–water partition coefficient (Wildman–Crippen LogP) is 13.3. The van der Waals surface area contributed by atoms with Crippen molar-refractivity contribution in [2.24, 2.45) is 0 Å². The highest BCUT2D eigenvalue weighted by atomic mass is 16.5. The Morgan fingerprint density at radius 1 is 0.500 bits per heavy atom. The minimum Gasteiger partial charge on any atom is -0.481 e. The second kappa shape index (κ2) is 37.1. The van der Waals surface area contributed by atoms with Crippen LogP contribution in [0.2, 0.25) is 0 Å². The Hall–Kier alpha value is -2.36. The van der Waals surface area contributed by atoms with Gasteiger partial charge in [0, 0.05) is 12.8 Å². The summed E-state index contributed by atoms with van der Waals surface area (Å²) in [4.78, 5) is 23.3. The topological polar surface area (TPSA) is 63.6 Å². The Kier molecular flexibility index (Phi) is 35.2. The maximum absolute atomic E-state index is 12.6. The summed E-state index contributed by atoms with van der Waals surface area (Å²) in [6, 6.07) is 0. The average molecular weight is 641 g/mol. The Morgan fingerprint density at radius 2 is 0.935 bits per heavy atom. The van der Waals surface area contributed by atoms with Crippen LogP contribution in [0.3, 0.4) is 0 Å². The number of carbonyl (C=O) groups excluding carboxylic acids is 1. The molecular formula is C42H72O4. The molecule has 1 atom stereocenters. The predicted molar refractivity (Wildman–Crippen MR) is 199 cm³/mol. The lowest BCUT2D eigenvalue weighted by molar-refractivity contribution is -0.150. The molecule has 0 aliphatic carbocycles. The van der Waals surface area contributed by atoms with E-state index in [9.17, 15) is 9.59 Å². The second-order valence-electron chi connectivity index (χ2n) is 12.7. The van der Waals surface area contributed by atoms with Crippen LogP contribution >= 0.6 is 0 Å². The Morgan fingerprint density at radius 3 is 1.50 bits per heavy atom. The lowest BCUT2D eigenvalue weighted by Crippen LogP contribution is -2.18. The van der Waals surface area contributed by atoms with Gasteiger partial charge in [-0.15, -0.1) is 0 Å². The van der Waals surface area contributed by atoms with Crippen molar-refractivity contribution in [3.05, 3.63) is 60.8 Å². The van der Waals surface area contributed by atoms with Gasteiger partial charge in [0.05, 0.1) is 0 Å². The van der Waals surface area contributed by atoms with E-state index in [0.717, 1.165) is 103 Å². The Bertz CT molecular complexity index is 820. The van der Waals surface area contributed by atoms with Crippen LogP contribution in [0, 0.1) is 0 Å². The molecule has 0 aromatic rings. The zero-order valence-electron chi connectivity index (χ0n) is 30.1. The van der Waals surface area contributed by atoms with Crippen molar-refractivity contribution in [1.82, 2.24) is 0 Å². The van der Waals surface area contributed by atoms with Crippen molar-refractivity contribution >= 4 is 11.9 Å². The molecule has 0 saturated heterocycles. The molecule has 0 bridgehead atoms. The molecule has 0 saturated carbocycles. The molecule has 0 radical (unpaired) electrons. The van der Waals surface area contributed by atoms with E-state index in [1.54, 1.807) is 0 Å². The molecular weight excluding hydrogens is 568 g/mol. The average Bonchev–Trinajstić information content (AvgIpc) is 3.04. The molecule has 0 aliphatic heterocycles. The molecule has 264 valence electrons. The first-order chi connectivity index (χ1) is 22.6. The van der Waals surface area contributed by atoms with E-state index in [2.05, 4.69) is 74.6 Å². The number of esters is 1. The van der Waals surface area contributed by atoms with Crippen molar-refractivity contribution in [1.29, 1.82) is 0 Å². The van der Waals surface area contributed by atoms with E-state index in [1.165, 1.54) is 57.8 Å². The fraction of sp³-hybridized carbons (Fsp3) is 0.714. The largest absolute Gasteiger partial charge is 0.481 e. The molecule has 0 aromatic carbocycles. The molecule has 4 nitrogen and oxygen atoms in total. The lowest BCUT2D eigenvalue weighted by Gasteiger charge is -2.18. The van der Waals surface area contributed by atoms with Gasteiger partial charge < -0.3 is 9.84 Å². The van der Waals surface area contributed by atoms with Crippen molar-refractivity contribution in [2.75, 3.05) is 0 Å². The van der Waals surface area contributed by atoms with Gasteiger partial charge in [-0.3, -0.25) is 9.59 Å². The van der Waals surface area contributed by atoms with Crippen LogP contribution in [-0.4, -0.2) is 23.1 Å².